The zero-order chi connectivity index (χ0) is 21.8. The van der Waals surface area contributed by atoms with Gasteiger partial charge in [0.2, 0.25) is 21.8 Å². The lowest BCUT2D eigenvalue weighted by atomic mass is 9.81. The Morgan fingerprint density at radius 2 is 1.42 bits per heavy atom. The third-order valence-electron chi connectivity index (χ3n) is 8.00. The van der Waals surface area contributed by atoms with Crippen molar-refractivity contribution in [2.45, 2.75) is 44.2 Å². The average Bonchev–Trinajstić information content (AvgIpc) is 3.13. The van der Waals surface area contributed by atoms with E-state index in [1.807, 2.05) is 39.0 Å². The van der Waals surface area contributed by atoms with Crippen LogP contribution >= 0.6 is 0 Å². The van der Waals surface area contributed by atoms with E-state index in [0.29, 0.717) is 5.69 Å². The first kappa shape index (κ1) is 19.2. The Morgan fingerprint density at radius 1 is 0.839 bits per heavy atom. The predicted octanol–water partition coefficient (Wildman–Crippen LogP) is 2.81. The molecule has 2 amide bonds. The number of hydrogen-bond acceptors (Lipinski definition) is 4. The van der Waals surface area contributed by atoms with Crippen LogP contribution in [0.25, 0.3) is 0 Å². The van der Waals surface area contributed by atoms with Crippen molar-refractivity contribution in [3.8, 4) is 0 Å². The number of imide groups is 1. The molecule has 2 aromatic carbocycles. The second-order valence-electron chi connectivity index (χ2n) is 9.48. The van der Waals surface area contributed by atoms with Crippen LogP contribution in [0.1, 0.15) is 23.1 Å². The number of fused-ring (bicyclic) bond motifs is 8. The van der Waals surface area contributed by atoms with Gasteiger partial charge in [-0.2, -0.15) is 4.31 Å². The third-order valence-corrected chi connectivity index (χ3v) is 9.91. The summed E-state index contributed by atoms with van der Waals surface area (Å²) in [5, 5.41) is 0. The highest BCUT2D eigenvalue weighted by molar-refractivity contribution is 7.89. The van der Waals surface area contributed by atoms with Crippen molar-refractivity contribution < 1.29 is 18.0 Å². The van der Waals surface area contributed by atoms with E-state index in [1.165, 1.54) is 4.90 Å². The number of anilines is 1. The lowest BCUT2D eigenvalue weighted by Gasteiger charge is -2.22. The molecule has 2 bridgehead atoms. The van der Waals surface area contributed by atoms with Crippen molar-refractivity contribution in [2.24, 2.45) is 23.7 Å². The Hall–Kier alpha value is -2.51. The highest BCUT2D eigenvalue weighted by Crippen LogP contribution is 2.66. The van der Waals surface area contributed by atoms with E-state index < -0.39 is 21.9 Å². The number of nitrogens with zero attached hydrogens (tertiary/aromatic N) is 2. The summed E-state index contributed by atoms with van der Waals surface area (Å²) in [6.07, 6.45) is 0.767. The number of carbonyl (C=O) groups excluding carboxylic acids is 2. The van der Waals surface area contributed by atoms with Crippen LogP contribution in [0.4, 0.5) is 5.69 Å². The number of piperidine rings is 1. The molecule has 0 aromatic heterocycles. The van der Waals surface area contributed by atoms with Gasteiger partial charge in [0.15, 0.2) is 0 Å². The third kappa shape index (κ3) is 2.33. The van der Waals surface area contributed by atoms with E-state index in [1.54, 1.807) is 28.6 Å². The number of amides is 2. The van der Waals surface area contributed by atoms with Crippen LogP contribution in [-0.2, 0) is 19.6 Å². The highest BCUT2D eigenvalue weighted by atomic mass is 32.2. The molecule has 7 heteroatoms. The molecular formula is C24H24N2O4S. The molecule has 0 spiro atoms. The van der Waals surface area contributed by atoms with E-state index in [9.17, 15) is 18.0 Å². The average molecular weight is 437 g/mol. The SMILES string of the molecule is Cc1ccc(S(=O)(=O)N2[C@@H]3[C@@H]4C[C@@H]([C@@H]5C(=O)N(c6cccc(C)c6C)C(=O)[C@H]45)[C@@H]32)cc1. The molecule has 6 rings (SSSR count). The fourth-order valence-electron chi connectivity index (χ4n) is 6.42. The summed E-state index contributed by atoms with van der Waals surface area (Å²) in [4.78, 5) is 28.5. The predicted molar refractivity (Wildman–Crippen MR) is 115 cm³/mol. The van der Waals surface area contributed by atoms with E-state index >= 15 is 0 Å². The first-order chi connectivity index (χ1) is 14.7. The van der Waals surface area contributed by atoms with E-state index in [4.69, 9.17) is 0 Å². The van der Waals surface area contributed by atoms with Gasteiger partial charge in [0, 0.05) is 12.1 Å². The minimum absolute atomic E-state index is 0.0770. The molecule has 2 aliphatic carbocycles. The number of rotatable bonds is 3. The van der Waals surface area contributed by atoms with Crippen LogP contribution in [0.15, 0.2) is 47.4 Å². The van der Waals surface area contributed by atoms with Crippen molar-refractivity contribution in [3.05, 3.63) is 59.2 Å². The van der Waals surface area contributed by atoms with Gasteiger partial charge in [-0.3, -0.25) is 9.59 Å². The van der Waals surface area contributed by atoms with Gasteiger partial charge in [-0.1, -0.05) is 29.8 Å². The molecule has 6 nitrogen and oxygen atoms in total. The molecule has 0 radical (unpaired) electrons. The van der Waals surface area contributed by atoms with Crippen LogP contribution in [0.2, 0.25) is 0 Å². The fraction of sp³-hybridized carbons (Fsp3) is 0.417. The number of sulfonamides is 1. The lowest BCUT2D eigenvalue weighted by Crippen LogP contribution is -2.35. The molecular weight excluding hydrogens is 412 g/mol. The molecule has 160 valence electrons. The molecule has 2 saturated carbocycles. The molecule has 0 N–H and O–H groups in total. The molecule has 2 aliphatic heterocycles. The fourth-order valence-corrected chi connectivity index (χ4v) is 8.29. The van der Waals surface area contributed by atoms with Crippen LogP contribution < -0.4 is 4.90 Å². The Kier molecular flexibility index (Phi) is 3.74. The molecule has 31 heavy (non-hydrogen) atoms. The van der Waals surface area contributed by atoms with Crippen LogP contribution in [0, 0.1) is 44.4 Å². The number of aryl methyl sites for hydroxylation is 2. The monoisotopic (exact) mass is 436 g/mol. The summed E-state index contributed by atoms with van der Waals surface area (Å²) in [5.74, 6) is -1.28. The van der Waals surface area contributed by atoms with Crippen molar-refractivity contribution in [1.82, 2.24) is 4.31 Å². The first-order valence-electron chi connectivity index (χ1n) is 10.8. The molecule has 2 saturated heterocycles. The second-order valence-corrected chi connectivity index (χ2v) is 11.3. The van der Waals surface area contributed by atoms with Gasteiger partial charge in [0.05, 0.1) is 22.4 Å². The topological polar surface area (TPSA) is 74.5 Å². The van der Waals surface area contributed by atoms with Crippen LogP contribution in [-0.4, -0.2) is 36.6 Å². The summed E-state index contributed by atoms with van der Waals surface area (Å²) >= 11 is 0. The Morgan fingerprint density at radius 3 is 2.00 bits per heavy atom. The minimum atomic E-state index is -3.61. The van der Waals surface area contributed by atoms with Gasteiger partial charge in [0.1, 0.15) is 0 Å². The largest absolute Gasteiger partial charge is 0.274 e. The number of hydrogen-bond donors (Lipinski definition) is 0. The van der Waals surface area contributed by atoms with Gasteiger partial charge in [-0.25, -0.2) is 13.3 Å². The highest BCUT2D eigenvalue weighted by Gasteiger charge is 2.78. The zero-order valence-electron chi connectivity index (χ0n) is 17.6. The van der Waals surface area contributed by atoms with E-state index in [0.717, 1.165) is 23.1 Å². The van der Waals surface area contributed by atoms with Gasteiger partial charge >= 0.3 is 0 Å². The van der Waals surface area contributed by atoms with E-state index in [-0.39, 0.29) is 40.6 Å². The molecule has 4 fully saturated rings. The Bertz CT molecular complexity index is 1220. The number of benzene rings is 2. The van der Waals surface area contributed by atoms with Crippen molar-refractivity contribution in [3.63, 3.8) is 0 Å². The molecule has 2 heterocycles. The summed E-state index contributed by atoms with van der Waals surface area (Å²) in [7, 11) is -3.61. The van der Waals surface area contributed by atoms with Crippen LogP contribution in [0.3, 0.4) is 0 Å². The molecule has 7 atom stereocenters. The van der Waals surface area contributed by atoms with Crippen molar-refractivity contribution in [1.29, 1.82) is 0 Å². The quantitative estimate of drug-likeness (QED) is 0.548. The molecule has 4 aliphatic rings. The van der Waals surface area contributed by atoms with E-state index in [2.05, 4.69) is 0 Å². The van der Waals surface area contributed by atoms with Crippen molar-refractivity contribution in [2.75, 3.05) is 4.90 Å². The lowest BCUT2D eigenvalue weighted by molar-refractivity contribution is -0.123. The molecule has 1 unspecified atom stereocenters. The Balaban J connectivity index is 1.33. The standard InChI is InChI=1S/C24H24N2O4S/c1-12-7-9-15(10-8-12)31(29,30)26-21-16-11-17(22(21)26)20-19(16)23(27)25(24(20)28)18-6-4-5-13(2)14(18)3/h4-10,16-17,19-22H,11H2,1-3H3/t16-,17+,19-,20+,21-,22+,26?. The van der Waals surface area contributed by atoms with Gasteiger partial charge in [-0.15, -0.1) is 0 Å². The summed E-state index contributed by atoms with van der Waals surface area (Å²) in [6.45, 7) is 5.82. The molecule has 2 aromatic rings. The minimum Gasteiger partial charge on any atom is -0.274 e. The Labute approximate surface area is 181 Å². The summed E-state index contributed by atoms with van der Waals surface area (Å²) < 4.78 is 28.0. The van der Waals surface area contributed by atoms with Crippen LogP contribution in [0.5, 0.6) is 0 Å². The summed E-state index contributed by atoms with van der Waals surface area (Å²) in [5.41, 5.74) is 3.64. The van der Waals surface area contributed by atoms with Gasteiger partial charge in [0.25, 0.3) is 0 Å². The summed E-state index contributed by atoms with van der Waals surface area (Å²) in [6, 6.07) is 12.2. The normalized spacial score (nSPS) is 35.5. The van der Waals surface area contributed by atoms with Gasteiger partial charge in [-0.05, 0) is 68.4 Å². The maximum absolute atomic E-state index is 13.4. The second kappa shape index (κ2) is 6.04. The number of carbonyl (C=O) groups is 2. The zero-order valence-corrected chi connectivity index (χ0v) is 18.5. The maximum atomic E-state index is 13.4. The maximum Gasteiger partial charge on any atom is 0.243 e. The first-order valence-corrected chi connectivity index (χ1v) is 12.2. The smallest absolute Gasteiger partial charge is 0.243 e. The van der Waals surface area contributed by atoms with Crippen molar-refractivity contribution >= 4 is 27.5 Å². The van der Waals surface area contributed by atoms with Gasteiger partial charge < -0.3 is 0 Å².